The van der Waals surface area contributed by atoms with Crippen LogP contribution in [0.15, 0.2) is 55.1 Å². The highest BCUT2D eigenvalue weighted by Crippen LogP contribution is 2.42. The molecule has 40 heavy (non-hydrogen) atoms. The van der Waals surface area contributed by atoms with Crippen LogP contribution in [0.1, 0.15) is 64.9 Å². The van der Waals surface area contributed by atoms with Crippen LogP contribution in [0.25, 0.3) is 0 Å². The summed E-state index contributed by atoms with van der Waals surface area (Å²) < 4.78 is 31.6. The number of aliphatic hydroxyl groups excluding tert-OH is 1. The molecule has 0 bridgehead atoms. The number of fused-ring (bicyclic) bond motifs is 1. The number of hydrogen-bond acceptors (Lipinski definition) is 6. The van der Waals surface area contributed by atoms with E-state index in [2.05, 4.69) is 58.9 Å². The van der Waals surface area contributed by atoms with Crippen LogP contribution in [0.5, 0.6) is 0 Å². The van der Waals surface area contributed by atoms with Crippen LogP contribution in [0.3, 0.4) is 0 Å². The molecule has 222 valence electrons. The minimum Gasteiger partial charge on any atom is -0.417 e. The van der Waals surface area contributed by atoms with E-state index in [1.807, 2.05) is 36.4 Å². The summed E-state index contributed by atoms with van der Waals surface area (Å²) in [6.07, 6.45) is 3.41. The average Bonchev–Trinajstić information content (AvgIpc) is 2.92. The van der Waals surface area contributed by atoms with Gasteiger partial charge in [0.25, 0.3) is 0 Å². The summed E-state index contributed by atoms with van der Waals surface area (Å²) in [6.45, 7) is 20.5. The number of rotatable bonds is 12. The SMILES string of the molecule is C=CCC[C@]1(OC)CC[C@H]2O[C@H](C(O)C#CCCCO[Si](C)(C)C(C)(C)C)C(=C)[C@@H](OCc3ccccc3)[C@@H]2O1. The van der Waals surface area contributed by atoms with Crippen molar-refractivity contribution in [3.63, 3.8) is 0 Å². The van der Waals surface area contributed by atoms with Crippen molar-refractivity contribution in [1.29, 1.82) is 0 Å². The summed E-state index contributed by atoms with van der Waals surface area (Å²) in [5, 5.41) is 11.3. The Morgan fingerprint density at radius 2 is 1.98 bits per heavy atom. The van der Waals surface area contributed by atoms with Gasteiger partial charge in [-0.15, -0.1) is 12.5 Å². The highest BCUT2D eigenvalue weighted by atomic mass is 28.4. The maximum absolute atomic E-state index is 11.1. The number of methoxy groups -OCH3 is 1. The summed E-state index contributed by atoms with van der Waals surface area (Å²) >= 11 is 0. The van der Waals surface area contributed by atoms with E-state index in [1.165, 1.54) is 0 Å². The van der Waals surface area contributed by atoms with Crippen molar-refractivity contribution in [1.82, 2.24) is 0 Å². The molecule has 0 radical (unpaired) electrons. The van der Waals surface area contributed by atoms with Crippen molar-refractivity contribution in [2.75, 3.05) is 13.7 Å². The van der Waals surface area contributed by atoms with Crippen molar-refractivity contribution in [3.05, 3.63) is 60.7 Å². The van der Waals surface area contributed by atoms with Gasteiger partial charge in [0.1, 0.15) is 24.4 Å². The van der Waals surface area contributed by atoms with Gasteiger partial charge in [-0.25, -0.2) is 0 Å². The molecule has 2 saturated heterocycles. The number of allylic oxidation sites excluding steroid dienone is 1. The summed E-state index contributed by atoms with van der Waals surface area (Å²) in [7, 11) is -0.0875. The van der Waals surface area contributed by atoms with E-state index in [1.54, 1.807) is 7.11 Å². The second kappa shape index (κ2) is 14.4. The molecule has 1 aromatic rings. The minimum atomic E-state index is -1.77. The first-order valence-corrected chi connectivity index (χ1v) is 17.5. The lowest BCUT2D eigenvalue weighted by Crippen LogP contribution is -2.60. The van der Waals surface area contributed by atoms with E-state index in [9.17, 15) is 5.11 Å². The zero-order valence-electron chi connectivity index (χ0n) is 25.4. The van der Waals surface area contributed by atoms with Crippen molar-refractivity contribution in [2.24, 2.45) is 0 Å². The van der Waals surface area contributed by atoms with Crippen molar-refractivity contribution in [3.8, 4) is 11.8 Å². The normalized spacial score (nSPS) is 27.8. The second-order valence-corrected chi connectivity index (χ2v) is 17.2. The van der Waals surface area contributed by atoms with Crippen molar-refractivity contribution < 1.29 is 28.5 Å². The number of aliphatic hydroxyl groups is 1. The van der Waals surface area contributed by atoms with E-state index < -0.39 is 38.5 Å². The third kappa shape index (κ3) is 8.39. The van der Waals surface area contributed by atoms with Crippen LogP contribution in [0, 0.1) is 11.8 Å². The van der Waals surface area contributed by atoms with E-state index in [0.717, 1.165) is 24.8 Å². The van der Waals surface area contributed by atoms with Crippen LogP contribution in [0.2, 0.25) is 18.1 Å². The molecule has 2 aliphatic rings. The molecule has 1 aromatic carbocycles. The van der Waals surface area contributed by atoms with Crippen LogP contribution in [-0.4, -0.2) is 63.4 Å². The van der Waals surface area contributed by atoms with Crippen molar-refractivity contribution in [2.45, 2.75) is 120 Å². The molecule has 6 atom stereocenters. The molecule has 0 aromatic heterocycles. The molecule has 6 nitrogen and oxygen atoms in total. The van der Waals surface area contributed by atoms with E-state index in [4.69, 9.17) is 23.4 Å². The highest BCUT2D eigenvalue weighted by Gasteiger charge is 2.52. The Kier molecular flexibility index (Phi) is 11.8. The van der Waals surface area contributed by atoms with Crippen molar-refractivity contribution >= 4 is 8.32 Å². The minimum absolute atomic E-state index is 0.182. The van der Waals surface area contributed by atoms with E-state index >= 15 is 0 Å². The largest absolute Gasteiger partial charge is 0.417 e. The summed E-state index contributed by atoms with van der Waals surface area (Å²) in [4.78, 5) is 0. The van der Waals surface area contributed by atoms with Crippen LogP contribution in [0.4, 0.5) is 0 Å². The lowest BCUT2D eigenvalue weighted by Gasteiger charge is -2.51. The molecule has 0 saturated carbocycles. The molecule has 2 heterocycles. The molecule has 7 heteroatoms. The maximum Gasteiger partial charge on any atom is 0.191 e. The second-order valence-electron chi connectivity index (χ2n) is 12.4. The van der Waals surface area contributed by atoms with Gasteiger partial charge in [0, 0.05) is 33.0 Å². The van der Waals surface area contributed by atoms with Gasteiger partial charge in [0.2, 0.25) is 0 Å². The molecule has 2 aliphatic heterocycles. The lowest BCUT2D eigenvalue weighted by molar-refractivity contribution is -0.325. The molecule has 0 amide bonds. The fourth-order valence-corrected chi connectivity index (χ4v) is 6.00. The van der Waals surface area contributed by atoms with Gasteiger partial charge in [-0.3, -0.25) is 0 Å². The Bertz CT molecular complexity index is 1020. The van der Waals surface area contributed by atoms with Crippen LogP contribution in [-0.2, 0) is 30.0 Å². The molecule has 3 rings (SSSR count). The first-order valence-electron chi connectivity index (χ1n) is 14.6. The molecule has 0 aliphatic carbocycles. The third-order valence-corrected chi connectivity index (χ3v) is 13.0. The summed E-state index contributed by atoms with van der Waals surface area (Å²) in [6, 6.07) is 10.0. The molecule has 0 spiro atoms. The predicted molar refractivity (Wildman–Crippen MR) is 162 cm³/mol. The fraction of sp³-hybridized carbons (Fsp3) is 0.636. The first kappa shape index (κ1) is 32.7. The smallest absolute Gasteiger partial charge is 0.191 e. The monoisotopic (exact) mass is 570 g/mol. The van der Waals surface area contributed by atoms with Gasteiger partial charge in [-0.05, 0) is 48.5 Å². The van der Waals surface area contributed by atoms with Crippen LogP contribution >= 0.6 is 0 Å². The van der Waals surface area contributed by atoms with Crippen LogP contribution < -0.4 is 0 Å². The molecular formula is C33H50O6Si. The topological polar surface area (TPSA) is 66.4 Å². The molecule has 1 N–H and O–H groups in total. The Labute approximate surface area is 243 Å². The van der Waals surface area contributed by atoms with Gasteiger partial charge >= 0.3 is 0 Å². The summed E-state index contributed by atoms with van der Waals surface area (Å²) in [5.41, 5.74) is 1.69. The Morgan fingerprint density at radius 3 is 2.62 bits per heavy atom. The number of unbranched alkanes of at least 4 members (excludes halogenated alkanes) is 1. The van der Waals surface area contributed by atoms with E-state index in [0.29, 0.717) is 38.0 Å². The predicted octanol–water partition coefficient (Wildman–Crippen LogP) is 6.55. The van der Waals surface area contributed by atoms with Gasteiger partial charge in [0.05, 0.1) is 12.7 Å². The molecular weight excluding hydrogens is 520 g/mol. The zero-order valence-corrected chi connectivity index (χ0v) is 26.4. The third-order valence-electron chi connectivity index (χ3n) is 8.50. The number of hydrogen-bond donors (Lipinski definition) is 1. The molecule has 1 unspecified atom stereocenters. The standard InChI is InChI=1S/C33H50O6Si/c1-9-10-21-33(35-6)22-20-28-31(39-33)30(36-24-26-17-13-11-14-18-26)25(2)29(38-28)27(34)19-15-12-16-23-37-40(7,8)32(3,4)5/h9,11,13-14,17-18,27-31,34H,1-2,10,12,16,20-24H2,3-8H3/t27?,28-,29+,30-,31-,33-/m1/s1. The zero-order chi connectivity index (χ0) is 29.4. The quantitative estimate of drug-likeness (QED) is 0.133. The first-order chi connectivity index (χ1) is 18.9. The Hall–Kier alpha value is -1.76. The Morgan fingerprint density at radius 1 is 1.25 bits per heavy atom. The molecule has 2 fully saturated rings. The Balaban J connectivity index is 1.68. The van der Waals surface area contributed by atoms with Gasteiger partial charge in [-0.1, -0.05) is 69.7 Å². The van der Waals surface area contributed by atoms with Gasteiger partial charge in [0.15, 0.2) is 14.1 Å². The van der Waals surface area contributed by atoms with Gasteiger partial charge in [-0.2, -0.15) is 0 Å². The number of ether oxygens (including phenoxy) is 4. The lowest BCUT2D eigenvalue weighted by atomic mass is 9.85. The number of benzene rings is 1. The van der Waals surface area contributed by atoms with E-state index in [-0.39, 0.29) is 11.1 Å². The highest BCUT2D eigenvalue weighted by molar-refractivity contribution is 6.74. The summed E-state index contributed by atoms with van der Waals surface area (Å²) in [5.74, 6) is 5.40. The average molecular weight is 571 g/mol. The fourth-order valence-electron chi connectivity index (χ4n) is 4.91. The maximum atomic E-state index is 11.1. The van der Waals surface area contributed by atoms with Gasteiger partial charge < -0.3 is 28.5 Å².